The molecule has 1 unspecified atom stereocenters. The maximum Gasteiger partial charge on any atom is 0.328 e. The molecule has 0 saturated heterocycles. The van der Waals surface area contributed by atoms with Crippen LogP contribution in [0.2, 0.25) is 0 Å². The van der Waals surface area contributed by atoms with Gasteiger partial charge in [0.25, 0.3) is 0 Å². The van der Waals surface area contributed by atoms with Crippen LogP contribution in [0.3, 0.4) is 0 Å². The molecule has 386 valence electrons. The first kappa shape index (κ1) is 63.4. The van der Waals surface area contributed by atoms with E-state index in [-0.39, 0.29) is 24.7 Å². The average molecular weight is 919 g/mol. The third-order valence-electron chi connectivity index (χ3n) is 13.8. The Bertz CT molecular complexity index is 970. The van der Waals surface area contributed by atoms with Crippen molar-refractivity contribution in [2.45, 2.75) is 348 Å². The van der Waals surface area contributed by atoms with Crippen molar-refractivity contribution < 1.29 is 23.9 Å². The lowest BCUT2D eigenvalue weighted by Gasteiger charge is -2.18. The van der Waals surface area contributed by atoms with Crippen LogP contribution in [-0.2, 0) is 23.9 Å². The van der Waals surface area contributed by atoms with Crippen molar-refractivity contribution in [1.29, 1.82) is 0 Å². The number of hydrogen-bond acceptors (Lipinski definition) is 5. The van der Waals surface area contributed by atoms with E-state index >= 15 is 0 Å². The standard InChI is InChI=1S/C59H115NO5/c1-4-7-10-13-16-19-22-25-28-31-34-37-40-43-46-49-54-64-58(62)53-52-56(60-57(61)51-48-45-42-39-36-33-30-27-24-21-18-15-12-9-6-3)59(63)65-55-50-47-44-41-38-35-32-29-26-23-20-17-14-11-8-5-2/h56H,4-55H2,1-3H3,(H,60,61). The molecule has 0 fully saturated rings. The Morgan fingerprint density at radius 1 is 0.308 bits per heavy atom. The quantitative estimate of drug-likeness (QED) is 0.0485. The monoisotopic (exact) mass is 918 g/mol. The first-order chi connectivity index (χ1) is 32.0. The Hall–Kier alpha value is -1.59. The van der Waals surface area contributed by atoms with Crippen LogP contribution in [0.5, 0.6) is 0 Å². The van der Waals surface area contributed by atoms with Gasteiger partial charge in [-0.25, -0.2) is 4.79 Å². The second-order valence-electron chi connectivity index (χ2n) is 20.4. The molecule has 6 heteroatoms. The molecular formula is C59H115NO5. The van der Waals surface area contributed by atoms with Crippen molar-refractivity contribution in [3.05, 3.63) is 0 Å². The zero-order valence-corrected chi connectivity index (χ0v) is 44.4. The van der Waals surface area contributed by atoms with Gasteiger partial charge in [0, 0.05) is 12.8 Å². The molecule has 0 bridgehead atoms. The van der Waals surface area contributed by atoms with Crippen LogP contribution < -0.4 is 5.32 Å². The summed E-state index contributed by atoms with van der Waals surface area (Å²) in [6, 6.07) is -0.803. The number of amides is 1. The molecule has 0 spiro atoms. The summed E-state index contributed by atoms with van der Waals surface area (Å²) in [6.07, 6.45) is 61.8. The maximum atomic E-state index is 13.2. The van der Waals surface area contributed by atoms with E-state index in [2.05, 4.69) is 26.1 Å². The number of unbranched alkanes of at least 4 members (excludes halogenated alkanes) is 44. The highest BCUT2D eigenvalue weighted by atomic mass is 16.5. The van der Waals surface area contributed by atoms with Gasteiger partial charge in [-0.3, -0.25) is 9.59 Å². The van der Waals surface area contributed by atoms with Gasteiger partial charge in [0.05, 0.1) is 13.2 Å². The summed E-state index contributed by atoms with van der Waals surface area (Å²) >= 11 is 0. The van der Waals surface area contributed by atoms with E-state index in [9.17, 15) is 14.4 Å². The van der Waals surface area contributed by atoms with Gasteiger partial charge in [-0.1, -0.05) is 303 Å². The van der Waals surface area contributed by atoms with Crippen molar-refractivity contribution in [2.24, 2.45) is 0 Å². The van der Waals surface area contributed by atoms with Crippen molar-refractivity contribution in [3.63, 3.8) is 0 Å². The Morgan fingerprint density at radius 2 is 0.554 bits per heavy atom. The van der Waals surface area contributed by atoms with Crippen LogP contribution in [0.15, 0.2) is 0 Å². The van der Waals surface area contributed by atoms with Crippen LogP contribution in [0.4, 0.5) is 0 Å². The number of nitrogens with one attached hydrogen (secondary N) is 1. The highest BCUT2D eigenvalue weighted by Crippen LogP contribution is 2.17. The minimum atomic E-state index is -0.803. The molecule has 0 aliphatic carbocycles. The summed E-state index contributed by atoms with van der Waals surface area (Å²) in [6.45, 7) is 7.64. The molecule has 0 rings (SSSR count). The second-order valence-corrected chi connectivity index (χ2v) is 20.4. The summed E-state index contributed by atoms with van der Waals surface area (Å²) in [5, 5.41) is 2.93. The lowest BCUT2D eigenvalue weighted by molar-refractivity contribution is -0.149. The molecule has 0 aliphatic heterocycles. The Morgan fingerprint density at radius 3 is 0.846 bits per heavy atom. The van der Waals surface area contributed by atoms with Crippen LogP contribution in [-0.4, -0.2) is 37.1 Å². The summed E-state index contributed by atoms with van der Waals surface area (Å²) in [5.74, 6) is -0.829. The number of esters is 2. The predicted octanol–water partition coefficient (Wildman–Crippen LogP) is 19.1. The first-order valence-corrected chi connectivity index (χ1v) is 29.7. The number of rotatable bonds is 55. The van der Waals surface area contributed by atoms with Gasteiger partial charge in [0.1, 0.15) is 6.04 Å². The third kappa shape index (κ3) is 51.6. The van der Waals surface area contributed by atoms with Crippen LogP contribution in [0.1, 0.15) is 342 Å². The zero-order valence-electron chi connectivity index (χ0n) is 44.4. The number of carbonyl (C=O) groups excluding carboxylic acids is 3. The highest BCUT2D eigenvalue weighted by Gasteiger charge is 2.23. The highest BCUT2D eigenvalue weighted by molar-refractivity contribution is 5.85. The molecule has 65 heavy (non-hydrogen) atoms. The fourth-order valence-corrected chi connectivity index (χ4v) is 9.27. The molecule has 0 aromatic rings. The molecular weight excluding hydrogens is 803 g/mol. The molecule has 0 radical (unpaired) electrons. The van der Waals surface area contributed by atoms with E-state index in [0.29, 0.717) is 19.6 Å². The van der Waals surface area contributed by atoms with E-state index in [0.717, 1.165) is 44.9 Å². The lowest BCUT2D eigenvalue weighted by Crippen LogP contribution is -2.42. The van der Waals surface area contributed by atoms with Gasteiger partial charge in [-0.2, -0.15) is 0 Å². The average Bonchev–Trinajstić information content (AvgIpc) is 3.30. The van der Waals surface area contributed by atoms with Gasteiger partial charge in [-0.05, 0) is 25.7 Å². The van der Waals surface area contributed by atoms with E-state index in [1.165, 1.54) is 257 Å². The fourth-order valence-electron chi connectivity index (χ4n) is 9.27. The predicted molar refractivity (Wildman–Crippen MR) is 282 cm³/mol. The third-order valence-corrected chi connectivity index (χ3v) is 13.8. The Kier molecular flexibility index (Phi) is 53.7. The molecule has 1 N–H and O–H groups in total. The van der Waals surface area contributed by atoms with E-state index in [1.54, 1.807) is 0 Å². The van der Waals surface area contributed by atoms with Crippen molar-refractivity contribution in [2.75, 3.05) is 13.2 Å². The Balaban J connectivity index is 4.30. The topological polar surface area (TPSA) is 81.7 Å². The smallest absolute Gasteiger partial charge is 0.328 e. The largest absolute Gasteiger partial charge is 0.466 e. The number of hydrogen-bond donors (Lipinski definition) is 1. The van der Waals surface area contributed by atoms with Crippen LogP contribution >= 0.6 is 0 Å². The fraction of sp³-hybridized carbons (Fsp3) is 0.949. The number of ether oxygens (including phenoxy) is 2. The summed E-state index contributed by atoms with van der Waals surface area (Å²) in [5.41, 5.74) is 0. The van der Waals surface area contributed by atoms with Gasteiger partial charge >= 0.3 is 11.9 Å². The maximum absolute atomic E-state index is 13.2. The second kappa shape index (κ2) is 55.0. The summed E-state index contributed by atoms with van der Waals surface area (Å²) in [7, 11) is 0. The van der Waals surface area contributed by atoms with E-state index in [4.69, 9.17) is 9.47 Å². The Labute approximate surface area is 406 Å². The zero-order chi connectivity index (χ0) is 47.2. The molecule has 6 nitrogen and oxygen atoms in total. The molecule has 0 aliphatic rings. The minimum absolute atomic E-state index is 0.108. The van der Waals surface area contributed by atoms with Crippen LogP contribution in [0.25, 0.3) is 0 Å². The number of carbonyl (C=O) groups is 3. The molecule has 1 atom stereocenters. The van der Waals surface area contributed by atoms with Crippen molar-refractivity contribution in [1.82, 2.24) is 5.32 Å². The van der Waals surface area contributed by atoms with Gasteiger partial charge < -0.3 is 14.8 Å². The molecule has 0 saturated carbocycles. The summed E-state index contributed by atoms with van der Waals surface area (Å²) in [4.78, 5) is 38.9. The van der Waals surface area contributed by atoms with E-state index in [1.807, 2.05) is 0 Å². The molecule has 0 aromatic heterocycles. The first-order valence-electron chi connectivity index (χ1n) is 29.7. The van der Waals surface area contributed by atoms with E-state index < -0.39 is 12.0 Å². The van der Waals surface area contributed by atoms with Crippen molar-refractivity contribution >= 4 is 17.8 Å². The van der Waals surface area contributed by atoms with Gasteiger partial charge in [0.15, 0.2) is 0 Å². The molecule has 0 aromatic carbocycles. The lowest BCUT2D eigenvalue weighted by atomic mass is 10.0. The summed E-state index contributed by atoms with van der Waals surface area (Å²) < 4.78 is 11.2. The van der Waals surface area contributed by atoms with Crippen LogP contribution in [0, 0.1) is 0 Å². The minimum Gasteiger partial charge on any atom is -0.466 e. The van der Waals surface area contributed by atoms with Gasteiger partial charge in [0.2, 0.25) is 5.91 Å². The van der Waals surface area contributed by atoms with Gasteiger partial charge in [-0.15, -0.1) is 0 Å². The SMILES string of the molecule is CCCCCCCCCCCCCCCCCCOC(=O)CCC(NC(=O)CCCCCCCCCCCCCCCCC)C(=O)OCCCCCCCCCCCCCCCCCC. The normalized spacial score (nSPS) is 11.9. The molecule has 1 amide bonds. The van der Waals surface area contributed by atoms with Crippen molar-refractivity contribution in [3.8, 4) is 0 Å². The molecule has 0 heterocycles.